The first-order valence-corrected chi connectivity index (χ1v) is 9.71. The van der Waals surface area contributed by atoms with Gasteiger partial charge in [-0.2, -0.15) is 0 Å². The molecule has 1 aliphatic heterocycles. The Bertz CT molecular complexity index is 863. The molecule has 1 aliphatic carbocycles. The quantitative estimate of drug-likeness (QED) is 0.793. The van der Waals surface area contributed by atoms with Gasteiger partial charge in [0.15, 0.2) is 0 Å². The molecule has 2 unspecified atom stereocenters. The lowest BCUT2D eigenvalue weighted by Gasteiger charge is -2.41. The van der Waals surface area contributed by atoms with E-state index in [2.05, 4.69) is 25.2 Å². The van der Waals surface area contributed by atoms with E-state index in [1.54, 1.807) is 7.11 Å². The van der Waals surface area contributed by atoms with Gasteiger partial charge in [0.2, 0.25) is 0 Å². The molecule has 0 aromatic heterocycles. The minimum absolute atomic E-state index is 0.130. The molecule has 5 heteroatoms. The van der Waals surface area contributed by atoms with Crippen molar-refractivity contribution in [3.63, 3.8) is 0 Å². The average molecular weight is 383 g/mol. The van der Waals surface area contributed by atoms with Crippen LogP contribution in [0.15, 0.2) is 47.3 Å². The van der Waals surface area contributed by atoms with Gasteiger partial charge < -0.3 is 14.8 Å². The van der Waals surface area contributed by atoms with E-state index < -0.39 is 11.8 Å². The zero-order valence-corrected chi connectivity index (χ0v) is 17.5. The third-order valence-electron chi connectivity index (χ3n) is 5.25. The predicted octanol–water partition coefficient (Wildman–Crippen LogP) is 4.11. The number of Topliss-reactive ketones (excluding diaryl/α,β-unsaturated/α-hetero) is 1. The highest BCUT2D eigenvalue weighted by Crippen LogP contribution is 2.47. The largest absolute Gasteiger partial charge is 0.497 e. The molecule has 2 aliphatic rings. The fourth-order valence-corrected chi connectivity index (χ4v) is 4.21. The maximum atomic E-state index is 13.2. The summed E-state index contributed by atoms with van der Waals surface area (Å²) >= 11 is 0. The minimum atomic E-state index is -0.432. The first-order chi connectivity index (χ1) is 13.1. The fourth-order valence-electron chi connectivity index (χ4n) is 4.21. The summed E-state index contributed by atoms with van der Waals surface area (Å²) in [7, 11) is 1.61. The van der Waals surface area contributed by atoms with Crippen molar-refractivity contribution in [1.29, 1.82) is 0 Å². The highest BCUT2D eigenvalue weighted by molar-refractivity contribution is 5.96. The molecule has 2 atom stereocenters. The van der Waals surface area contributed by atoms with E-state index in [9.17, 15) is 9.59 Å². The number of hydrogen-bond acceptors (Lipinski definition) is 5. The third kappa shape index (κ3) is 3.84. The van der Waals surface area contributed by atoms with Gasteiger partial charge in [-0.3, -0.25) is 4.79 Å². The Morgan fingerprint density at radius 3 is 2.61 bits per heavy atom. The standard InChI is InChI=1S/C23H29NO4/c1-13(2)28-22(26)19-14(3)24-17-11-23(4,5)12-18(25)21(17)20(19)15-8-7-9-16(10-15)27-6/h7-11,13,20-21,24H,12H2,1-6H3. The van der Waals surface area contributed by atoms with Crippen LogP contribution in [0, 0.1) is 11.3 Å². The SMILES string of the molecule is COc1cccc(C2C(C(=O)OC(C)C)=C(C)NC3=CC(C)(C)CC(=O)C32)c1. The van der Waals surface area contributed by atoms with E-state index in [1.807, 2.05) is 45.0 Å². The summed E-state index contributed by atoms with van der Waals surface area (Å²) in [6.07, 6.45) is 2.33. The molecule has 0 radical (unpaired) electrons. The molecular weight excluding hydrogens is 354 g/mol. The van der Waals surface area contributed by atoms with E-state index in [4.69, 9.17) is 9.47 Å². The number of carbonyl (C=O) groups excluding carboxylic acids is 2. The summed E-state index contributed by atoms with van der Waals surface area (Å²) < 4.78 is 10.9. The van der Waals surface area contributed by atoms with Crippen LogP contribution >= 0.6 is 0 Å². The molecule has 3 rings (SSSR count). The Labute approximate surface area is 166 Å². The molecule has 0 bridgehead atoms. The number of ether oxygens (including phenoxy) is 2. The second-order valence-electron chi connectivity index (χ2n) is 8.58. The predicted molar refractivity (Wildman–Crippen MR) is 108 cm³/mol. The zero-order valence-electron chi connectivity index (χ0n) is 17.5. The first-order valence-electron chi connectivity index (χ1n) is 9.71. The van der Waals surface area contributed by atoms with Crippen LogP contribution in [0.2, 0.25) is 0 Å². The Kier molecular flexibility index (Phi) is 5.37. The number of methoxy groups -OCH3 is 1. The van der Waals surface area contributed by atoms with E-state index in [-0.39, 0.29) is 23.3 Å². The number of rotatable bonds is 4. The smallest absolute Gasteiger partial charge is 0.336 e. The Morgan fingerprint density at radius 2 is 1.96 bits per heavy atom. The number of nitrogens with one attached hydrogen (secondary N) is 1. The van der Waals surface area contributed by atoms with Gasteiger partial charge in [-0.25, -0.2) is 4.79 Å². The highest BCUT2D eigenvalue weighted by Gasteiger charge is 2.46. The molecule has 150 valence electrons. The van der Waals surface area contributed by atoms with Gasteiger partial charge in [0.1, 0.15) is 11.5 Å². The summed E-state index contributed by atoms with van der Waals surface area (Å²) in [6.45, 7) is 9.62. The van der Waals surface area contributed by atoms with Crippen LogP contribution in [0.4, 0.5) is 0 Å². The summed E-state index contributed by atoms with van der Waals surface area (Å²) in [5.74, 6) is -0.398. The van der Waals surface area contributed by atoms with Gasteiger partial charge in [0.25, 0.3) is 0 Å². The van der Waals surface area contributed by atoms with Gasteiger partial charge >= 0.3 is 5.97 Å². The lowest BCUT2D eigenvalue weighted by Crippen LogP contribution is -2.43. The molecule has 0 fully saturated rings. The van der Waals surface area contributed by atoms with Gasteiger partial charge in [-0.05, 0) is 43.9 Å². The number of allylic oxidation sites excluding steroid dienone is 3. The van der Waals surface area contributed by atoms with Crippen molar-refractivity contribution in [3.8, 4) is 5.75 Å². The van der Waals surface area contributed by atoms with E-state index in [1.165, 1.54) is 0 Å². The van der Waals surface area contributed by atoms with Crippen LogP contribution in [0.5, 0.6) is 5.75 Å². The topological polar surface area (TPSA) is 64.6 Å². The molecule has 28 heavy (non-hydrogen) atoms. The molecule has 5 nitrogen and oxygen atoms in total. The summed E-state index contributed by atoms with van der Waals surface area (Å²) in [5.41, 5.74) is 2.77. The molecule has 1 aromatic carbocycles. The van der Waals surface area contributed by atoms with E-state index in [0.717, 1.165) is 17.0 Å². The lowest BCUT2D eigenvalue weighted by molar-refractivity contribution is -0.143. The molecule has 1 aromatic rings. The number of fused-ring (bicyclic) bond motifs is 1. The highest BCUT2D eigenvalue weighted by atomic mass is 16.5. The van der Waals surface area contributed by atoms with Crippen molar-refractivity contribution in [2.75, 3.05) is 7.11 Å². The second kappa shape index (κ2) is 7.46. The number of benzene rings is 1. The Hall–Kier alpha value is -2.56. The van der Waals surface area contributed by atoms with Crippen LogP contribution in [0.3, 0.4) is 0 Å². The lowest BCUT2D eigenvalue weighted by atomic mass is 9.66. The first kappa shape index (κ1) is 20.2. The molecule has 0 amide bonds. The molecule has 1 heterocycles. The molecule has 0 saturated carbocycles. The van der Waals surface area contributed by atoms with Crippen molar-refractivity contribution < 1.29 is 19.1 Å². The minimum Gasteiger partial charge on any atom is -0.497 e. The van der Waals surface area contributed by atoms with Gasteiger partial charge in [-0.1, -0.05) is 32.1 Å². The molecule has 0 saturated heterocycles. The number of hydrogen-bond donors (Lipinski definition) is 1. The third-order valence-corrected chi connectivity index (χ3v) is 5.25. The molecule has 1 N–H and O–H groups in total. The van der Waals surface area contributed by atoms with Crippen molar-refractivity contribution >= 4 is 11.8 Å². The van der Waals surface area contributed by atoms with Crippen molar-refractivity contribution in [3.05, 3.63) is 52.9 Å². The van der Waals surface area contributed by atoms with Crippen molar-refractivity contribution in [2.24, 2.45) is 11.3 Å². The van der Waals surface area contributed by atoms with E-state index in [0.29, 0.717) is 17.7 Å². The zero-order chi connectivity index (χ0) is 20.6. The number of esters is 1. The monoisotopic (exact) mass is 383 g/mol. The van der Waals surface area contributed by atoms with E-state index >= 15 is 0 Å². The number of carbonyl (C=O) groups is 2. The maximum Gasteiger partial charge on any atom is 0.336 e. The maximum absolute atomic E-state index is 13.2. The number of ketones is 1. The summed E-state index contributed by atoms with van der Waals surface area (Å²) in [5, 5.41) is 3.32. The van der Waals surface area contributed by atoms with Crippen LogP contribution in [-0.2, 0) is 14.3 Å². The van der Waals surface area contributed by atoms with Gasteiger partial charge in [-0.15, -0.1) is 0 Å². The fraction of sp³-hybridized carbons (Fsp3) is 0.478. The molecular formula is C23H29NO4. The average Bonchev–Trinajstić information content (AvgIpc) is 2.58. The van der Waals surface area contributed by atoms with Crippen molar-refractivity contribution in [1.82, 2.24) is 5.32 Å². The van der Waals surface area contributed by atoms with Crippen LogP contribution < -0.4 is 10.1 Å². The van der Waals surface area contributed by atoms with Crippen LogP contribution in [0.25, 0.3) is 0 Å². The van der Waals surface area contributed by atoms with Gasteiger partial charge in [0.05, 0.1) is 24.7 Å². The van der Waals surface area contributed by atoms with Crippen molar-refractivity contribution in [2.45, 2.75) is 53.1 Å². The van der Waals surface area contributed by atoms with Gasteiger partial charge in [0, 0.05) is 23.7 Å². The molecule has 0 spiro atoms. The summed E-state index contributed by atoms with van der Waals surface area (Å²) in [6, 6.07) is 7.59. The summed E-state index contributed by atoms with van der Waals surface area (Å²) in [4.78, 5) is 26.2. The Morgan fingerprint density at radius 1 is 1.25 bits per heavy atom. The van der Waals surface area contributed by atoms with Crippen LogP contribution in [-0.4, -0.2) is 25.0 Å². The normalized spacial score (nSPS) is 23.7. The second-order valence-corrected chi connectivity index (χ2v) is 8.58. The Balaban J connectivity index is 2.19. The van der Waals surface area contributed by atoms with Crippen LogP contribution in [0.1, 0.15) is 52.5 Å².